The zero-order chi connectivity index (χ0) is 35.6. The van der Waals surface area contributed by atoms with Gasteiger partial charge in [-0.3, -0.25) is 9.88 Å². The zero-order valence-corrected chi connectivity index (χ0v) is 31.9. The Morgan fingerprint density at radius 1 is 0.920 bits per heavy atom. The fourth-order valence-corrected chi connectivity index (χ4v) is 10.1. The highest BCUT2D eigenvalue weighted by molar-refractivity contribution is 7.91. The molecule has 9 nitrogen and oxygen atoms in total. The van der Waals surface area contributed by atoms with Gasteiger partial charge in [0.25, 0.3) is 0 Å². The first-order chi connectivity index (χ1) is 23.9. The van der Waals surface area contributed by atoms with E-state index in [1.54, 1.807) is 24.5 Å². The molecular weight excluding hydrogens is 674 g/mol. The maximum Gasteiger partial charge on any atom is 0.210 e. The normalized spacial score (nSPS) is 20.8. The number of fused-ring (bicyclic) bond motifs is 1. The lowest BCUT2D eigenvalue weighted by atomic mass is 9.96. The highest BCUT2D eigenvalue weighted by Crippen LogP contribution is 2.39. The molecule has 2 aromatic carbocycles. The summed E-state index contributed by atoms with van der Waals surface area (Å²) in [6, 6.07) is 10.4. The Hall–Kier alpha value is -2.48. The summed E-state index contributed by atoms with van der Waals surface area (Å²) in [6.07, 6.45) is 7.77. The van der Waals surface area contributed by atoms with Crippen LogP contribution in [0.3, 0.4) is 0 Å². The van der Waals surface area contributed by atoms with Crippen molar-refractivity contribution in [3.05, 3.63) is 48.4 Å². The minimum atomic E-state index is -4.18. The molecule has 3 fully saturated rings. The molecule has 6 rings (SSSR count). The first-order valence-electron chi connectivity index (χ1n) is 18.4. The lowest BCUT2D eigenvalue weighted by Gasteiger charge is -2.46. The topological polar surface area (TPSA) is 92.3 Å². The Balaban J connectivity index is 1.22. The van der Waals surface area contributed by atoms with E-state index in [1.807, 2.05) is 6.92 Å². The van der Waals surface area contributed by atoms with Crippen molar-refractivity contribution in [2.45, 2.75) is 92.7 Å². The number of piperidine rings is 2. The number of anilines is 1. The molecule has 0 bridgehead atoms. The van der Waals surface area contributed by atoms with E-state index in [0.29, 0.717) is 52.6 Å². The summed E-state index contributed by atoms with van der Waals surface area (Å²) in [4.78, 5) is 15.1. The molecule has 1 aromatic heterocycles. The molecule has 0 amide bonds. The van der Waals surface area contributed by atoms with Crippen molar-refractivity contribution >= 4 is 37.6 Å². The third-order valence-electron chi connectivity index (χ3n) is 10.9. The number of pyridine rings is 1. The van der Waals surface area contributed by atoms with Crippen LogP contribution in [0.1, 0.15) is 59.8 Å². The molecule has 2 unspecified atom stereocenters. The average molecular weight is 728 g/mol. The SMILES string of the molecule is CCN1CCN(C2CCN(C3CCN(c4c(S(=O)(=O)c5ccc(OC(C)CC(C)C)c(F)c5)cnc5ccc([S+](C)[O-])cc45)CC3)CC2)CC1. The van der Waals surface area contributed by atoms with Gasteiger partial charge in [0, 0.05) is 69.0 Å². The van der Waals surface area contributed by atoms with E-state index in [-0.39, 0.29) is 21.6 Å². The Kier molecular flexibility index (Phi) is 12.0. The van der Waals surface area contributed by atoms with Gasteiger partial charge in [-0.1, -0.05) is 20.8 Å². The molecule has 274 valence electrons. The number of rotatable bonds is 11. The molecule has 50 heavy (non-hydrogen) atoms. The van der Waals surface area contributed by atoms with Crippen molar-refractivity contribution in [1.82, 2.24) is 19.7 Å². The van der Waals surface area contributed by atoms with Crippen molar-refractivity contribution in [1.29, 1.82) is 0 Å². The zero-order valence-electron chi connectivity index (χ0n) is 30.3. The van der Waals surface area contributed by atoms with E-state index in [9.17, 15) is 13.0 Å². The fourth-order valence-electron chi connectivity index (χ4n) is 8.16. The summed E-state index contributed by atoms with van der Waals surface area (Å²) in [5, 5.41) is 0.643. The van der Waals surface area contributed by atoms with Crippen molar-refractivity contribution in [3.8, 4) is 5.75 Å². The Morgan fingerprint density at radius 3 is 2.16 bits per heavy atom. The molecule has 0 spiro atoms. The molecule has 0 N–H and O–H groups in total. The second-order valence-electron chi connectivity index (χ2n) is 14.7. The summed E-state index contributed by atoms with van der Waals surface area (Å²) in [6.45, 7) is 17.6. The maximum atomic E-state index is 15.4. The number of nitrogens with zero attached hydrogens (tertiary/aromatic N) is 5. The standard InChI is InChI=1S/C38H54FN5O4S2/c1-6-41-19-21-43(22-20-41)30-11-15-42(16-12-30)29-13-17-44(18-14-29)38-33-24-31(49(5)45)7-9-35(33)40-26-37(38)50(46,47)32-8-10-36(34(39)25-32)48-28(4)23-27(2)3/h7-10,24-30H,6,11-23H2,1-5H3. The van der Waals surface area contributed by atoms with Crippen LogP contribution in [0.15, 0.2) is 57.3 Å². The number of halogens is 1. The van der Waals surface area contributed by atoms with E-state index in [1.165, 1.54) is 44.3 Å². The highest BCUT2D eigenvalue weighted by atomic mass is 32.2. The van der Waals surface area contributed by atoms with E-state index in [0.717, 1.165) is 58.1 Å². The number of likely N-dealkylation sites (N-methyl/N-ethyl adjacent to an activating group) is 1. The number of likely N-dealkylation sites (tertiary alicyclic amines) is 1. The van der Waals surface area contributed by atoms with E-state index in [4.69, 9.17) is 4.74 Å². The van der Waals surface area contributed by atoms with Crippen LogP contribution in [0.4, 0.5) is 10.1 Å². The summed E-state index contributed by atoms with van der Waals surface area (Å²) in [5.41, 5.74) is 1.18. The van der Waals surface area contributed by atoms with Crippen molar-refractivity contribution in [2.75, 3.05) is 70.1 Å². The summed E-state index contributed by atoms with van der Waals surface area (Å²) >= 11 is -1.27. The summed E-state index contributed by atoms with van der Waals surface area (Å²) in [7, 11) is -4.18. The van der Waals surface area contributed by atoms with Gasteiger partial charge >= 0.3 is 0 Å². The molecule has 0 aliphatic carbocycles. The van der Waals surface area contributed by atoms with E-state index < -0.39 is 26.8 Å². The molecule has 0 radical (unpaired) electrons. The number of hydrogen-bond donors (Lipinski definition) is 0. The van der Waals surface area contributed by atoms with Crippen LogP contribution in [0, 0.1) is 11.7 Å². The second-order valence-corrected chi connectivity index (χ2v) is 18.0. The molecule has 12 heteroatoms. The van der Waals surface area contributed by atoms with E-state index in [2.05, 4.69) is 45.4 Å². The first kappa shape index (κ1) is 37.3. The molecule has 3 aliphatic heterocycles. The molecule has 3 aromatic rings. The number of benzene rings is 2. The number of ether oxygens (including phenoxy) is 1. The predicted molar refractivity (Wildman–Crippen MR) is 199 cm³/mol. The summed E-state index contributed by atoms with van der Waals surface area (Å²) < 4.78 is 62.4. The van der Waals surface area contributed by atoms with Crippen molar-refractivity contribution < 1.29 is 22.1 Å². The van der Waals surface area contributed by atoms with Gasteiger partial charge in [0.15, 0.2) is 16.5 Å². The van der Waals surface area contributed by atoms with Gasteiger partial charge in [-0.25, -0.2) is 12.8 Å². The lowest BCUT2D eigenvalue weighted by molar-refractivity contribution is 0.0449. The number of sulfone groups is 1. The van der Waals surface area contributed by atoms with Crippen LogP contribution in [0.25, 0.3) is 10.9 Å². The lowest BCUT2D eigenvalue weighted by Crippen LogP contribution is -2.55. The van der Waals surface area contributed by atoms with Gasteiger partial charge in [-0.15, -0.1) is 0 Å². The average Bonchev–Trinajstić information content (AvgIpc) is 3.11. The molecule has 3 aliphatic rings. The van der Waals surface area contributed by atoms with Gasteiger partial charge in [0.1, 0.15) is 11.2 Å². The van der Waals surface area contributed by atoms with Crippen LogP contribution in [0.2, 0.25) is 0 Å². The van der Waals surface area contributed by atoms with Crippen LogP contribution in [0.5, 0.6) is 5.75 Å². The van der Waals surface area contributed by atoms with Crippen molar-refractivity contribution in [2.24, 2.45) is 5.92 Å². The molecule has 0 saturated carbocycles. The predicted octanol–water partition coefficient (Wildman–Crippen LogP) is 5.83. The first-order valence-corrected chi connectivity index (χ1v) is 21.4. The number of aromatic nitrogens is 1. The molecule has 3 saturated heterocycles. The van der Waals surface area contributed by atoms with E-state index >= 15 is 4.39 Å². The quantitative estimate of drug-likeness (QED) is 0.227. The van der Waals surface area contributed by atoms with Crippen LogP contribution < -0.4 is 9.64 Å². The third kappa shape index (κ3) is 8.26. The van der Waals surface area contributed by atoms with Crippen LogP contribution >= 0.6 is 0 Å². The minimum Gasteiger partial charge on any atom is -0.612 e. The van der Waals surface area contributed by atoms with Crippen LogP contribution in [-0.4, -0.2) is 116 Å². The Labute approximate surface area is 301 Å². The van der Waals surface area contributed by atoms with Gasteiger partial charge in [0.2, 0.25) is 9.84 Å². The monoisotopic (exact) mass is 727 g/mol. The fraction of sp³-hybridized carbons (Fsp3) is 0.605. The Morgan fingerprint density at radius 2 is 1.56 bits per heavy atom. The largest absolute Gasteiger partial charge is 0.612 e. The summed E-state index contributed by atoms with van der Waals surface area (Å²) in [5.74, 6) is -0.297. The molecular formula is C38H54FN5O4S2. The third-order valence-corrected chi connectivity index (χ3v) is 13.6. The Bertz CT molecular complexity index is 1720. The van der Waals surface area contributed by atoms with Crippen molar-refractivity contribution in [3.63, 3.8) is 0 Å². The van der Waals surface area contributed by atoms with Gasteiger partial charge in [-0.05, 0) is 106 Å². The molecule has 2 atom stereocenters. The second kappa shape index (κ2) is 16.0. The van der Waals surface area contributed by atoms with Gasteiger partial charge < -0.3 is 24.0 Å². The molecule has 4 heterocycles. The van der Waals surface area contributed by atoms with Gasteiger partial charge in [0.05, 0.1) is 22.2 Å². The number of piperazine rings is 1. The maximum absolute atomic E-state index is 15.4. The smallest absolute Gasteiger partial charge is 0.210 e. The highest BCUT2D eigenvalue weighted by Gasteiger charge is 2.34. The van der Waals surface area contributed by atoms with Gasteiger partial charge in [-0.2, -0.15) is 0 Å². The number of hydrogen-bond acceptors (Lipinski definition) is 9. The minimum absolute atomic E-state index is 0.0349. The van der Waals surface area contributed by atoms with Crippen LogP contribution in [-0.2, 0) is 21.0 Å².